The highest BCUT2D eigenvalue weighted by Gasteiger charge is 2.24. The Balaban J connectivity index is 0.00000341. The normalized spacial score (nSPS) is 16.4. The van der Waals surface area contributed by atoms with E-state index in [1.807, 2.05) is 30.3 Å². The Morgan fingerprint density at radius 2 is 1.94 bits per heavy atom. The van der Waals surface area contributed by atoms with Gasteiger partial charge in [-0.25, -0.2) is 0 Å². The van der Waals surface area contributed by atoms with E-state index in [0.29, 0.717) is 18.9 Å². The smallest absolute Gasteiger partial charge is 0.225 e. The van der Waals surface area contributed by atoms with E-state index in [9.17, 15) is 4.79 Å². The molecule has 168 valence electrons. The number of ether oxygens (including phenoxy) is 1. The Labute approximate surface area is 202 Å². The van der Waals surface area contributed by atoms with E-state index in [2.05, 4.69) is 48.0 Å². The molecule has 7 heteroatoms. The number of benzene rings is 2. The first-order chi connectivity index (χ1) is 14.6. The third-order valence-electron chi connectivity index (χ3n) is 5.48. The van der Waals surface area contributed by atoms with Crippen molar-refractivity contribution in [3.05, 3.63) is 59.7 Å². The second-order valence-electron chi connectivity index (χ2n) is 7.65. The minimum absolute atomic E-state index is 0. The van der Waals surface area contributed by atoms with Gasteiger partial charge >= 0.3 is 0 Å². The van der Waals surface area contributed by atoms with Crippen molar-refractivity contribution in [2.24, 2.45) is 4.99 Å². The number of rotatable bonds is 8. The molecule has 0 aromatic heterocycles. The van der Waals surface area contributed by atoms with Gasteiger partial charge in [-0.3, -0.25) is 9.79 Å². The molecule has 1 aliphatic heterocycles. The Bertz CT molecular complexity index is 870. The number of carbonyl (C=O) groups excluding carboxylic acids is 1. The highest BCUT2D eigenvalue weighted by atomic mass is 127. The van der Waals surface area contributed by atoms with Gasteiger partial charge in [0.2, 0.25) is 5.91 Å². The summed E-state index contributed by atoms with van der Waals surface area (Å²) in [5.41, 5.74) is 3.36. The van der Waals surface area contributed by atoms with E-state index in [4.69, 9.17) is 9.73 Å². The zero-order valence-electron chi connectivity index (χ0n) is 18.5. The van der Waals surface area contributed by atoms with Crippen molar-refractivity contribution in [3.8, 4) is 5.75 Å². The number of para-hydroxylation sites is 1. The number of carbonyl (C=O) groups is 1. The number of methoxy groups -OCH3 is 1. The van der Waals surface area contributed by atoms with Gasteiger partial charge in [0.05, 0.1) is 13.7 Å². The third-order valence-corrected chi connectivity index (χ3v) is 5.48. The highest BCUT2D eigenvalue weighted by Crippen LogP contribution is 2.32. The number of fused-ring (bicyclic) bond motifs is 1. The van der Waals surface area contributed by atoms with Crippen molar-refractivity contribution in [2.75, 3.05) is 32.1 Å². The maximum Gasteiger partial charge on any atom is 0.225 e. The summed E-state index contributed by atoms with van der Waals surface area (Å²) >= 11 is 0. The average Bonchev–Trinajstić information content (AvgIpc) is 2.77. The molecule has 0 aliphatic carbocycles. The van der Waals surface area contributed by atoms with Crippen LogP contribution in [0, 0.1) is 0 Å². The average molecular weight is 536 g/mol. The summed E-state index contributed by atoms with van der Waals surface area (Å²) in [6.45, 7) is 6.47. The van der Waals surface area contributed by atoms with Crippen LogP contribution in [-0.4, -0.2) is 38.6 Å². The maximum absolute atomic E-state index is 12.0. The molecule has 0 spiro atoms. The number of halogens is 1. The molecule has 1 amide bonds. The van der Waals surface area contributed by atoms with E-state index >= 15 is 0 Å². The van der Waals surface area contributed by atoms with Gasteiger partial charge in [0.15, 0.2) is 5.96 Å². The van der Waals surface area contributed by atoms with E-state index < -0.39 is 0 Å². The Morgan fingerprint density at radius 1 is 1.19 bits per heavy atom. The van der Waals surface area contributed by atoms with Crippen LogP contribution in [0.2, 0.25) is 0 Å². The molecule has 1 heterocycles. The first-order valence-corrected chi connectivity index (χ1v) is 10.7. The second kappa shape index (κ2) is 12.5. The molecule has 2 unspecified atom stereocenters. The summed E-state index contributed by atoms with van der Waals surface area (Å²) in [5.74, 6) is 2.26. The molecule has 0 radical (unpaired) electrons. The van der Waals surface area contributed by atoms with Crippen molar-refractivity contribution >= 4 is 41.5 Å². The lowest BCUT2D eigenvalue weighted by Crippen LogP contribution is -2.38. The molecule has 6 nitrogen and oxygen atoms in total. The molecule has 2 atom stereocenters. The van der Waals surface area contributed by atoms with Crippen LogP contribution in [0.3, 0.4) is 0 Å². The SMILES string of the molecule is CCNC(=NCC1CC(=O)Nc2ccccc21)NCCC(C)c1ccc(OC)cc1.I. The van der Waals surface area contributed by atoms with E-state index in [1.54, 1.807) is 7.11 Å². The summed E-state index contributed by atoms with van der Waals surface area (Å²) in [6, 6.07) is 16.2. The molecule has 0 bridgehead atoms. The van der Waals surface area contributed by atoms with Gasteiger partial charge in [-0.05, 0) is 48.6 Å². The Hall–Kier alpha value is -2.29. The van der Waals surface area contributed by atoms with Crippen molar-refractivity contribution < 1.29 is 9.53 Å². The van der Waals surface area contributed by atoms with E-state index in [1.165, 1.54) is 5.56 Å². The number of guanidine groups is 1. The number of nitrogens with zero attached hydrogens (tertiary/aromatic N) is 1. The molecular formula is C24H33IN4O2. The number of anilines is 1. The minimum Gasteiger partial charge on any atom is -0.497 e. The maximum atomic E-state index is 12.0. The van der Waals surface area contributed by atoms with E-state index in [0.717, 1.165) is 42.5 Å². The second-order valence-corrected chi connectivity index (χ2v) is 7.65. The number of hydrogen-bond donors (Lipinski definition) is 3. The molecule has 3 N–H and O–H groups in total. The Morgan fingerprint density at radius 3 is 2.65 bits per heavy atom. The van der Waals surface area contributed by atoms with Gasteiger partial charge in [-0.2, -0.15) is 0 Å². The molecule has 2 aromatic carbocycles. The summed E-state index contributed by atoms with van der Waals surface area (Å²) in [4.78, 5) is 16.8. The summed E-state index contributed by atoms with van der Waals surface area (Å²) in [7, 11) is 1.68. The molecule has 1 aliphatic rings. The minimum atomic E-state index is 0. The van der Waals surface area contributed by atoms with Crippen LogP contribution in [-0.2, 0) is 4.79 Å². The zero-order chi connectivity index (χ0) is 21.3. The molecule has 3 rings (SSSR count). The lowest BCUT2D eigenvalue weighted by Gasteiger charge is -2.24. The molecule has 2 aromatic rings. The number of hydrogen-bond acceptors (Lipinski definition) is 3. The highest BCUT2D eigenvalue weighted by molar-refractivity contribution is 14.0. The topological polar surface area (TPSA) is 74.8 Å². The molecule has 0 saturated heterocycles. The predicted octanol–water partition coefficient (Wildman–Crippen LogP) is 4.49. The summed E-state index contributed by atoms with van der Waals surface area (Å²) < 4.78 is 5.23. The standard InChI is InChI=1S/C24H32N4O2.HI/c1-4-25-24(26-14-13-17(2)18-9-11-20(30-3)12-10-18)27-16-19-15-23(29)28-22-8-6-5-7-21(19)22;/h5-12,17,19H,4,13-16H2,1-3H3,(H,28,29)(H2,25,26,27);1H. The van der Waals surface area contributed by atoms with Gasteiger partial charge in [0, 0.05) is 31.1 Å². The number of aliphatic imine (C=N–C) groups is 1. The number of amides is 1. The van der Waals surface area contributed by atoms with Gasteiger partial charge in [-0.1, -0.05) is 37.3 Å². The molecule has 0 saturated carbocycles. The van der Waals surface area contributed by atoms with Crippen molar-refractivity contribution in [3.63, 3.8) is 0 Å². The van der Waals surface area contributed by atoms with Crippen molar-refractivity contribution in [2.45, 2.75) is 38.5 Å². The predicted molar refractivity (Wildman–Crippen MR) is 138 cm³/mol. The van der Waals surface area contributed by atoms with Crippen LogP contribution in [0.1, 0.15) is 49.7 Å². The zero-order valence-corrected chi connectivity index (χ0v) is 20.8. The Kier molecular flexibility index (Phi) is 10.1. The van der Waals surface area contributed by atoms with Gasteiger partial charge < -0.3 is 20.7 Å². The fourth-order valence-electron chi connectivity index (χ4n) is 3.71. The van der Waals surface area contributed by atoms with Crippen LogP contribution >= 0.6 is 24.0 Å². The monoisotopic (exact) mass is 536 g/mol. The fraction of sp³-hybridized carbons (Fsp3) is 0.417. The lowest BCUT2D eigenvalue weighted by atomic mass is 9.91. The van der Waals surface area contributed by atoms with E-state index in [-0.39, 0.29) is 35.8 Å². The van der Waals surface area contributed by atoms with Crippen LogP contribution < -0.4 is 20.7 Å². The molecule has 31 heavy (non-hydrogen) atoms. The third kappa shape index (κ3) is 7.12. The van der Waals surface area contributed by atoms with Crippen LogP contribution in [0.15, 0.2) is 53.5 Å². The van der Waals surface area contributed by atoms with Crippen LogP contribution in [0.5, 0.6) is 5.75 Å². The largest absolute Gasteiger partial charge is 0.497 e. The van der Waals surface area contributed by atoms with Gasteiger partial charge in [0.1, 0.15) is 5.75 Å². The van der Waals surface area contributed by atoms with Crippen molar-refractivity contribution in [1.29, 1.82) is 0 Å². The summed E-state index contributed by atoms with van der Waals surface area (Å²) in [6.07, 6.45) is 1.46. The van der Waals surface area contributed by atoms with Crippen molar-refractivity contribution in [1.82, 2.24) is 10.6 Å². The first-order valence-electron chi connectivity index (χ1n) is 10.7. The van der Waals surface area contributed by atoms with Gasteiger partial charge in [0.25, 0.3) is 0 Å². The molecule has 0 fully saturated rings. The van der Waals surface area contributed by atoms with Crippen LogP contribution in [0.4, 0.5) is 5.69 Å². The lowest BCUT2D eigenvalue weighted by molar-refractivity contribution is -0.116. The quantitative estimate of drug-likeness (QED) is 0.264. The molecular weight excluding hydrogens is 503 g/mol. The van der Waals surface area contributed by atoms with Gasteiger partial charge in [-0.15, -0.1) is 24.0 Å². The fourth-order valence-corrected chi connectivity index (χ4v) is 3.71. The first kappa shape index (κ1) is 25.0. The van der Waals surface area contributed by atoms with Crippen LogP contribution in [0.25, 0.3) is 0 Å². The summed E-state index contributed by atoms with van der Waals surface area (Å²) in [5, 5.41) is 9.69. The number of nitrogens with one attached hydrogen (secondary N) is 3.